The van der Waals surface area contributed by atoms with E-state index in [9.17, 15) is 9.70 Å². The van der Waals surface area contributed by atoms with Gasteiger partial charge in [0.05, 0.1) is 17.5 Å². The molecule has 6 heteroatoms. The quantitative estimate of drug-likeness (QED) is 0.831. The van der Waals surface area contributed by atoms with Gasteiger partial charge in [-0.1, -0.05) is 18.2 Å². The first kappa shape index (κ1) is 15.7. The fraction of sp³-hybridized carbons (Fsp3) is 0.167. The molecule has 0 radical (unpaired) electrons. The number of aromatic nitrogens is 1. The van der Waals surface area contributed by atoms with Crippen molar-refractivity contribution in [2.75, 3.05) is 13.6 Å². The number of rotatable bonds is 5. The molecule has 122 valence electrons. The van der Waals surface area contributed by atoms with E-state index in [-0.39, 0.29) is 5.91 Å². The molecule has 1 amide bonds. The van der Waals surface area contributed by atoms with Crippen molar-refractivity contribution >= 4 is 16.8 Å². The predicted molar refractivity (Wildman–Crippen MR) is 93.9 cm³/mol. The minimum Gasteiger partial charge on any atom is -0.361 e. The highest BCUT2D eigenvalue weighted by atomic mass is 16.2. The van der Waals surface area contributed by atoms with Crippen LogP contribution in [0.25, 0.3) is 10.9 Å². The van der Waals surface area contributed by atoms with Crippen LogP contribution < -0.4 is 5.32 Å². The lowest BCUT2D eigenvalue weighted by atomic mass is 10.1. The molecule has 0 spiro atoms. The highest BCUT2D eigenvalue weighted by Crippen LogP contribution is 2.18. The number of hydrogen-bond acceptors (Lipinski definition) is 4. The number of allylic oxidation sites excluding steroid dienone is 1. The summed E-state index contributed by atoms with van der Waals surface area (Å²) in [7, 11) is 1.76. The monoisotopic (exact) mass is 322 g/mol. The maximum Gasteiger partial charge on any atom is 0.252 e. The molecule has 1 aromatic carbocycles. The van der Waals surface area contributed by atoms with Crippen molar-refractivity contribution in [2.24, 2.45) is 5.18 Å². The molecule has 0 saturated carbocycles. The summed E-state index contributed by atoms with van der Waals surface area (Å²) < 4.78 is 0. The van der Waals surface area contributed by atoms with Crippen molar-refractivity contribution in [3.63, 3.8) is 0 Å². The molecule has 0 bridgehead atoms. The van der Waals surface area contributed by atoms with Crippen LogP contribution in [0.3, 0.4) is 0 Å². The standard InChI is InChI=1S/C18H18N4O2/c1-22-12-14(6-7-15(22)11-21-24)18(23)19-9-8-13-10-20-17-5-3-2-4-16(13)17/h2-7,10-12,20H,8-9H2,1H3,(H,19,23)/b15-11-. The molecule has 3 rings (SSSR count). The molecule has 0 saturated heterocycles. The van der Waals surface area contributed by atoms with Crippen LogP contribution >= 0.6 is 0 Å². The largest absolute Gasteiger partial charge is 0.361 e. The Morgan fingerprint density at radius 2 is 2.17 bits per heavy atom. The summed E-state index contributed by atoms with van der Waals surface area (Å²) in [5.74, 6) is -0.143. The van der Waals surface area contributed by atoms with Crippen molar-refractivity contribution in [1.29, 1.82) is 0 Å². The fourth-order valence-electron chi connectivity index (χ4n) is 2.69. The molecule has 1 aromatic heterocycles. The van der Waals surface area contributed by atoms with E-state index >= 15 is 0 Å². The SMILES string of the molecule is CN1C=C(C(=O)NCCc2c[nH]c3ccccc23)C=C/C1=C/N=O. The zero-order chi connectivity index (χ0) is 16.9. The molecule has 0 aliphatic carbocycles. The van der Waals surface area contributed by atoms with Gasteiger partial charge >= 0.3 is 0 Å². The number of aromatic amines is 1. The van der Waals surface area contributed by atoms with Crippen LogP contribution in [0.2, 0.25) is 0 Å². The molecule has 2 heterocycles. The van der Waals surface area contributed by atoms with Crippen LogP contribution in [0, 0.1) is 4.91 Å². The van der Waals surface area contributed by atoms with Gasteiger partial charge in [-0.15, -0.1) is 4.91 Å². The van der Waals surface area contributed by atoms with Crippen LogP contribution in [0.5, 0.6) is 0 Å². The van der Waals surface area contributed by atoms with Crippen molar-refractivity contribution in [3.05, 3.63) is 76.8 Å². The molecule has 24 heavy (non-hydrogen) atoms. The summed E-state index contributed by atoms with van der Waals surface area (Å²) >= 11 is 0. The zero-order valence-corrected chi connectivity index (χ0v) is 13.3. The Morgan fingerprint density at radius 3 is 2.96 bits per heavy atom. The average Bonchev–Trinajstić information content (AvgIpc) is 3.00. The first-order valence-electron chi connectivity index (χ1n) is 7.67. The predicted octanol–water partition coefficient (Wildman–Crippen LogP) is 2.82. The Labute approximate surface area is 139 Å². The number of carbonyl (C=O) groups excluding carboxylic acids is 1. The summed E-state index contributed by atoms with van der Waals surface area (Å²) in [6.45, 7) is 0.550. The minimum atomic E-state index is -0.143. The summed E-state index contributed by atoms with van der Waals surface area (Å²) in [6.07, 6.45) is 8.99. The molecule has 2 N–H and O–H groups in total. The molecule has 0 unspecified atom stereocenters. The number of nitrogens with zero attached hydrogens (tertiary/aromatic N) is 2. The zero-order valence-electron chi connectivity index (χ0n) is 13.3. The maximum atomic E-state index is 12.2. The highest BCUT2D eigenvalue weighted by molar-refractivity contribution is 5.96. The Kier molecular flexibility index (Phi) is 4.56. The Hall–Kier alpha value is -3.15. The second-order valence-electron chi connectivity index (χ2n) is 5.55. The van der Waals surface area contributed by atoms with Gasteiger partial charge in [0.15, 0.2) is 0 Å². The molecule has 0 fully saturated rings. The third-order valence-electron chi connectivity index (χ3n) is 3.98. The number of fused-ring (bicyclic) bond motifs is 1. The Balaban J connectivity index is 1.58. The van der Waals surface area contributed by atoms with E-state index in [4.69, 9.17) is 0 Å². The fourth-order valence-corrected chi connectivity index (χ4v) is 2.69. The minimum absolute atomic E-state index is 0.143. The van der Waals surface area contributed by atoms with E-state index < -0.39 is 0 Å². The number of nitroso groups, excluding NO2 is 1. The third kappa shape index (κ3) is 3.27. The van der Waals surface area contributed by atoms with E-state index in [0.717, 1.165) is 11.9 Å². The molecule has 0 atom stereocenters. The number of likely N-dealkylation sites (N-methyl/N-ethyl adjacent to an activating group) is 1. The lowest BCUT2D eigenvalue weighted by Gasteiger charge is -2.19. The van der Waals surface area contributed by atoms with Crippen LogP contribution in [-0.2, 0) is 11.2 Å². The van der Waals surface area contributed by atoms with Gasteiger partial charge in [-0.05, 0) is 35.4 Å². The smallest absolute Gasteiger partial charge is 0.252 e. The number of nitrogens with one attached hydrogen (secondary N) is 2. The van der Waals surface area contributed by atoms with E-state index in [1.54, 1.807) is 30.3 Å². The number of amides is 1. The third-order valence-corrected chi connectivity index (χ3v) is 3.98. The summed E-state index contributed by atoms with van der Waals surface area (Å²) in [5.41, 5.74) is 3.46. The molecular formula is C18H18N4O2. The number of benzene rings is 1. The van der Waals surface area contributed by atoms with Gasteiger partial charge < -0.3 is 15.2 Å². The van der Waals surface area contributed by atoms with Crippen LogP contribution in [-0.4, -0.2) is 29.4 Å². The van der Waals surface area contributed by atoms with E-state index in [1.807, 2.05) is 24.4 Å². The van der Waals surface area contributed by atoms with Gasteiger partial charge in [0.2, 0.25) is 0 Å². The van der Waals surface area contributed by atoms with Crippen LogP contribution in [0.4, 0.5) is 0 Å². The van der Waals surface area contributed by atoms with Crippen molar-refractivity contribution in [1.82, 2.24) is 15.2 Å². The van der Waals surface area contributed by atoms with Gasteiger partial charge in [-0.2, -0.15) is 0 Å². The van der Waals surface area contributed by atoms with Crippen LogP contribution in [0.1, 0.15) is 5.56 Å². The first-order valence-corrected chi connectivity index (χ1v) is 7.67. The molecule has 1 aliphatic heterocycles. The van der Waals surface area contributed by atoms with E-state index in [0.29, 0.717) is 17.8 Å². The number of hydrogen-bond donors (Lipinski definition) is 2. The molecule has 6 nitrogen and oxygen atoms in total. The Bertz CT molecular complexity index is 861. The van der Waals surface area contributed by atoms with E-state index in [1.165, 1.54) is 17.1 Å². The van der Waals surface area contributed by atoms with Gasteiger partial charge in [-0.3, -0.25) is 4.79 Å². The number of H-pyrrole nitrogens is 1. The normalized spacial score (nSPS) is 15.6. The van der Waals surface area contributed by atoms with Gasteiger partial charge in [-0.25, -0.2) is 0 Å². The van der Waals surface area contributed by atoms with Crippen molar-refractivity contribution in [3.8, 4) is 0 Å². The first-order chi connectivity index (χ1) is 11.7. The number of carbonyl (C=O) groups is 1. The van der Waals surface area contributed by atoms with Crippen LogP contribution in [0.15, 0.2) is 71.5 Å². The second-order valence-corrected chi connectivity index (χ2v) is 5.55. The summed E-state index contributed by atoms with van der Waals surface area (Å²) in [6, 6.07) is 8.10. The summed E-state index contributed by atoms with van der Waals surface area (Å²) in [4.78, 5) is 27.4. The second kappa shape index (κ2) is 6.95. The topological polar surface area (TPSA) is 77.6 Å². The molecular weight excluding hydrogens is 304 g/mol. The Morgan fingerprint density at radius 1 is 1.33 bits per heavy atom. The van der Waals surface area contributed by atoms with Gasteiger partial charge in [0, 0.05) is 36.9 Å². The lowest BCUT2D eigenvalue weighted by Crippen LogP contribution is -2.28. The highest BCUT2D eigenvalue weighted by Gasteiger charge is 2.13. The van der Waals surface area contributed by atoms with Gasteiger partial charge in [0.25, 0.3) is 5.91 Å². The van der Waals surface area contributed by atoms with Gasteiger partial charge in [0.1, 0.15) is 0 Å². The number of para-hydroxylation sites is 1. The maximum absolute atomic E-state index is 12.2. The lowest BCUT2D eigenvalue weighted by molar-refractivity contribution is -0.117. The summed E-state index contributed by atoms with van der Waals surface area (Å²) in [5, 5.41) is 6.84. The molecule has 1 aliphatic rings. The van der Waals surface area contributed by atoms with Crippen molar-refractivity contribution < 1.29 is 4.79 Å². The van der Waals surface area contributed by atoms with Crippen molar-refractivity contribution in [2.45, 2.75) is 6.42 Å². The average molecular weight is 322 g/mol. The van der Waals surface area contributed by atoms with E-state index in [2.05, 4.69) is 21.5 Å². The molecule has 2 aromatic rings.